The lowest BCUT2D eigenvalue weighted by molar-refractivity contribution is 0.0901. The Morgan fingerprint density at radius 1 is 1.12 bits per heavy atom. The van der Waals surface area contributed by atoms with E-state index in [1.165, 1.54) is 0 Å². The molecule has 3 nitrogen and oxygen atoms in total. The molecule has 2 aromatic rings. The van der Waals surface area contributed by atoms with Gasteiger partial charge in [-0.15, -0.1) is 0 Å². The minimum absolute atomic E-state index is 0.115. The second-order valence-corrected chi connectivity index (χ2v) is 9.76. The van der Waals surface area contributed by atoms with Crippen LogP contribution in [0.1, 0.15) is 29.8 Å². The Balaban J connectivity index is 2.35. The van der Waals surface area contributed by atoms with Crippen molar-refractivity contribution in [3.63, 3.8) is 0 Å². The van der Waals surface area contributed by atoms with Gasteiger partial charge in [-0.2, -0.15) is 0 Å². The smallest absolute Gasteiger partial charge is 0.179 e. The summed E-state index contributed by atoms with van der Waals surface area (Å²) in [6, 6.07) is 11.6. The molecule has 134 valence electrons. The van der Waals surface area contributed by atoms with Gasteiger partial charge in [-0.1, -0.05) is 43.1 Å². The number of sulfone groups is 1. The zero-order valence-corrected chi connectivity index (χ0v) is 17.5. The predicted octanol–water partition coefficient (Wildman–Crippen LogP) is 5.34. The molecule has 6 heteroatoms. The summed E-state index contributed by atoms with van der Waals surface area (Å²) >= 11 is 9.27. The number of Topliss-reactive ketones (excluding diaryl/α,β-unsaturated/α-hetero) is 1. The van der Waals surface area contributed by atoms with Gasteiger partial charge in [0.15, 0.2) is 15.6 Å². The van der Waals surface area contributed by atoms with Crippen LogP contribution in [-0.2, 0) is 9.84 Å². The molecule has 0 spiro atoms. The van der Waals surface area contributed by atoms with Crippen molar-refractivity contribution < 1.29 is 13.2 Å². The molecule has 0 saturated heterocycles. The van der Waals surface area contributed by atoms with Gasteiger partial charge < -0.3 is 0 Å². The zero-order valence-electron chi connectivity index (χ0n) is 14.3. The van der Waals surface area contributed by atoms with Gasteiger partial charge in [-0.3, -0.25) is 4.79 Å². The van der Waals surface area contributed by atoms with Crippen LogP contribution in [-0.4, -0.2) is 20.0 Å². The maximum atomic E-state index is 12.9. The number of halogens is 2. The fourth-order valence-electron chi connectivity index (χ4n) is 2.54. The van der Waals surface area contributed by atoms with Crippen LogP contribution >= 0.6 is 27.5 Å². The fraction of sp³-hybridized carbons (Fsp3) is 0.316. The molecule has 0 aliphatic rings. The highest BCUT2D eigenvalue weighted by Crippen LogP contribution is 2.28. The van der Waals surface area contributed by atoms with Crippen LogP contribution in [0.4, 0.5) is 0 Å². The summed E-state index contributed by atoms with van der Waals surface area (Å²) in [5.74, 6) is -1.17. The van der Waals surface area contributed by atoms with Gasteiger partial charge in [0, 0.05) is 21.0 Å². The normalized spacial score (nSPS) is 13.0. The molecule has 0 radical (unpaired) electrons. The molecule has 0 saturated carbocycles. The summed E-state index contributed by atoms with van der Waals surface area (Å²) in [6.45, 7) is 5.61. The van der Waals surface area contributed by atoms with E-state index in [1.807, 2.05) is 20.8 Å². The maximum absolute atomic E-state index is 12.9. The lowest BCUT2D eigenvalue weighted by Gasteiger charge is -2.20. The van der Waals surface area contributed by atoms with Crippen LogP contribution in [0.15, 0.2) is 51.8 Å². The zero-order chi connectivity index (χ0) is 18.8. The molecule has 2 rings (SSSR count). The Labute approximate surface area is 162 Å². The van der Waals surface area contributed by atoms with Crippen molar-refractivity contribution >= 4 is 43.2 Å². The molecule has 0 heterocycles. The first-order valence-electron chi connectivity index (χ1n) is 7.90. The average Bonchev–Trinajstić information content (AvgIpc) is 2.52. The van der Waals surface area contributed by atoms with Gasteiger partial charge in [-0.25, -0.2) is 8.42 Å². The Bertz CT molecular complexity index is 874. The Hall–Kier alpha value is -1.17. The van der Waals surface area contributed by atoms with Gasteiger partial charge in [-0.05, 0) is 59.1 Å². The van der Waals surface area contributed by atoms with Crippen molar-refractivity contribution in [3.8, 4) is 0 Å². The number of carbonyl (C=O) groups excluding carboxylic acids is 1. The average molecular weight is 444 g/mol. The van der Waals surface area contributed by atoms with E-state index in [9.17, 15) is 13.2 Å². The van der Waals surface area contributed by atoms with E-state index >= 15 is 0 Å². The SMILES string of the molecule is Cc1ccc(S(=O)(=O)CC(C(=O)c2ccc(Cl)cc2Br)C(C)C)cc1. The Morgan fingerprint density at radius 2 is 1.72 bits per heavy atom. The van der Waals surface area contributed by atoms with Crippen LogP contribution in [0, 0.1) is 18.8 Å². The third kappa shape index (κ3) is 4.93. The van der Waals surface area contributed by atoms with Gasteiger partial charge in [0.25, 0.3) is 0 Å². The highest BCUT2D eigenvalue weighted by atomic mass is 79.9. The standard InChI is InChI=1S/C19H20BrClO3S/c1-12(2)17(19(22)16-9-6-14(21)10-18(16)20)11-25(23,24)15-7-4-13(3)5-8-15/h4-10,12,17H,11H2,1-3H3. The molecule has 0 N–H and O–H groups in total. The molecule has 0 aromatic heterocycles. The quantitative estimate of drug-likeness (QED) is 0.566. The predicted molar refractivity (Wildman–Crippen MR) is 105 cm³/mol. The third-order valence-electron chi connectivity index (χ3n) is 4.12. The molecular weight excluding hydrogens is 424 g/mol. The van der Waals surface area contributed by atoms with E-state index in [2.05, 4.69) is 15.9 Å². The van der Waals surface area contributed by atoms with Gasteiger partial charge in [0.05, 0.1) is 10.6 Å². The van der Waals surface area contributed by atoms with Crippen molar-refractivity contribution in [1.82, 2.24) is 0 Å². The van der Waals surface area contributed by atoms with E-state index in [0.29, 0.717) is 15.1 Å². The number of hydrogen-bond donors (Lipinski definition) is 0. The maximum Gasteiger partial charge on any atom is 0.179 e. The molecule has 0 amide bonds. The van der Waals surface area contributed by atoms with Crippen molar-refractivity contribution in [2.75, 3.05) is 5.75 Å². The topological polar surface area (TPSA) is 51.2 Å². The molecule has 1 unspecified atom stereocenters. The molecule has 2 aromatic carbocycles. The van der Waals surface area contributed by atoms with Crippen molar-refractivity contribution in [1.29, 1.82) is 0 Å². The molecule has 25 heavy (non-hydrogen) atoms. The highest BCUT2D eigenvalue weighted by molar-refractivity contribution is 9.10. The minimum atomic E-state index is -3.56. The monoisotopic (exact) mass is 442 g/mol. The van der Waals surface area contributed by atoms with Crippen molar-refractivity contribution in [3.05, 3.63) is 63.1 Å². The second kappa shape index (κ2) is 8.02. The van der Waals surface area contributed by atoms with Gasteiger partial charge in [0.2, 0.25) is 0 Å². The summed E-state index contributed by atoms with van der Waals surface area (Å²) in [6.07, 6.45) is 0. The number of hydrogen-bond acceptors (Lipinski definition) is 3. The van der Waals surface area contributed by atoms with Gasteiger partial charge in [0.1, 0.15) is 0 Å². The van der Waals surface area contributed by atoms with Crippen LogP contribution in [0.25, 0.3) is 0 Å². The van der Waals surface area contributed by atoms with Crippen LogP contribution in [0.3, 0.4) is 0 Å². The Kier molecular flexibility index (Phi) is 6.46. The second-order valence-electron chi connectivity index (χ2n) is 6.43. The molecule has 0 aliphatic heterocycles. The van der Waals surface area contributed by atoms with E-state index in [4.69, 9.17) is 11.6 Å². The van der Waals surface area contributed by atoms with Crippen LogP contribution in [0.5, 0.6) is 0 Å². The largest absolute Gasteiger partial charge is 0.294 e. The summed E-state index contributed by atoms with van der Waals surface area (Å²) in [5.41, 5.74) is 1.43. The fourth-order valence-corrected chi connectivity index (χ4v) is 5.17. The van der Waals surface area contributed by atoms with Crippen LogP contribution in [0.2, 0.25) is 5.02 Å². The summed E-state index contributed by atoms with van der Waals surface area (Å²) < 4.78 is 26.1. The van der Waals surface area contributed by atoms with Crippen molar-refractivity contribution in [2.45, 2.75) is 25.7 Å². The number of ketones is 1. The van der Waals surface area contributed by atoms with Gasteiger partial charge >= 0.3 is 0 Å². The molecule has 1 atom stereocenters. The van der Waals surface area contributed by atoms with Crippen molar-refractivity contribution in [2.24, 2.45) is 11.8 Å². The van der Waals surface area contributed by atoms with E-state index < -0.39 is 15.8 Å². The third-order valence-corrected chi connectivity index (χ3v) is 6.80. The first kappa shape index (κ1) is 20.1. The number of aryl methyl sites for hydroxylation is 1. The lowest BCUT2D eigenvalue weighted by atomic mass is 9.89. The molecular formula is C19H20BrClO3S. The molecule has 0 fully saturated rings. The van der Waals surface area contributed by atoms with E-state index in [-0.39, 0.29) is 22.3 Å². The first-order valence-corrected chi connectivity index (χ1v) is 10.7. The summed E-state index contributed by atoms with van der Waals surface area (Å²) in [5, 5.41) is 0.511. The number of rotatable bonds is 6. The molecule has 0 aliphatic carbocycles. The summed E-state index contributed by atoms with van der Waals surface area (Å²) in [4.78, 5) is 13.2. The number of benzene rings is 2. The van der Waals surface area contributed by atoms with Crippen LogP contribution < -0.4 is 0 Å². The van der Waals surface area contributed by atoms with E-state index in [0.717, 1.165) is 5.56 Å². The number of carbonyl (C=O) groups is 1. The first-order chi connectivity index (χ1) is 11.6. The Morgan fingerprint density at radius 3 is 2.24 bits per heavy atom. The highest BCUT2D eigenvalue weighted by Gasteiger charge is 2.31. The minimum Gasteiger partial charge on any atom is -0.294 e. The van der Waals surface area contributed by atoms with E-state index in [1.54, 1.807) is 42.5 Å². The molecule has 0 bridgehead atoms. The summed E-state index contributed by atoms with van der Waals surface area (Å²) in [7, 11) is -3.56. The lowest BCUT2D eigenvalue weighted by Crippen LogP contribution is -2.29.